The molecule has 0 bridgehead atoms. The molecule has 0 radical (unpaired) electrons. The predicted molar refractivity (Wildman–Crippen MR) is 88.7 cm³/mol. The van der Waals surface area contributed by atoms with Gasteiger partial charge in [0, 0.05) is 6.54 Å². The lowest BCUT2D eigenvalue weighted by Crippen LogP contribution is -2.30. The molecule has 0 aliphatic carbocycles. The Bertz CT molecular complexity index is 670. The van der Waals surface area contributed by atoms with Gasteiger partial charge in [0.05, 0.1) is 19.3 Å². The minimum absolute atomic E-state index is 0.0502. The van der Waals surface area contributed by atoms with Gasteiger partial charge in [-0.15, -0.1) is 0 Å². The van der Waals surface area contributed by atoms with Gasteiger partial charge in [0.1, 0.15) is 5.82 Å². The molecule has 2 aromatic carbocycles. The molecule has 0 spiro atoms. The van der Waals surface area contributed by atoms with Crippen LogP contribution in [-0.4, -0.2) is 19.8 Å². The number of halogens is 1. The maximum atomic E-state index is 13.2. The van der Waals surface area contributed by atoms with Gasteiger partial charge in [-0.2, -0.15) is 0 Å². The molecule has 1 aliphatic heterocycles. The van der Waals surface area contributed by atoms with E-state index in [0.29, 0.717) is 13.2 Å². The van der Waals surface area contributed by atoms with Gasteiger partial charge in [-0.3, -0.25) is 0 Å². The molecule has 23 heavy (non-hydrogen) atoms. The lowest BCUT2D eigenvalue weighted by Gasteiger charge is -2.29. The molecule has 4 heteroatoms. The molecule has 1 heterocycles. The zero-order chi connectivity index (χ0) is 16.2. The molecule has 1 N–H and O–H groups in total. The van der Waals surface area contributed by atoms with Crippen molar-refractivity contribution in [2.75, 3.05) is 19.8 Å². The van der Waals surface area contributed by atoms with Crippen LogP contribution in [0, 0.1) is 5.82 Å². The van der Waals surface area contributed by atoms with Gasteiger partial charge in [0.25, 0.3) is 0 Å². The van der Waals surface area contributed by atoms with Crippen LogP contribution in [-0.2, 0) is 6.42 Å². The normalized spacial score (nSPS) is 16.7. The van der Waals surface area contributed by atoms with E-state index in [1.807, 2.05) is 26.0 Å². The number of benzene rings is 2. The summed E-state index contributed by atoms with van der Waals surface area (Å²) in [6.07, 6.45) is 0.944. The highest BCUT2D eigenvalue weighted by Gasteiger charge is 2.24. The van der Waals surface area contributed by atoms with Crippen molar-refractivity contribution in [1.82, 2.24) is 5.32 Å². The molecule has 3 nitrogen and oxygen atoms in total. The second kappa shape index (κ2) is 7.01. The Balaban J connectivity index is 2.02. The highest BCUT2D eigenvalue weighted by Crippen LogP contribution is 2.37. The molecule has 0 aromatic heterocycles. The maximum absolute atomic E-state index is 13.2. The van der Waals surface area contributed by atoms with E-state index in [1.54, 1.807) is 0 Å². The first-order chi connectivity index (χ1) is 11.2. The first-order valence-corrected chi connectivity index (χ1v) is 8.14. The number of ether oxygens (including phenoxy) is 2. The minimum atomic E-state index is -0.216. The number of fused-ring (bicyclic) bond motifs is 1. The van der Waals surface area contributed by atoms with Crippen molar-refractivity contribution in [1.29, 1.82) is 0 Å². The highest BCUT2D eigenvalue weighted by atomic mass is 19.1. The largest absolute Gasteiger partial charge is 0.490 e. The monoisotopic (exact) mass is 315 g/mol. The number of nitrogens with one attached hydrogen (secondary N) is 1. The Morgan fingerprint density at radius 3 is 2.35 bits per heavy atom. The Hall–Kier alpha value is -2.07. The van der Waals surface area contributed by atoms with E-state index in [9.17, 15) is 4.39 Å². The molecule has 0 amide bonds. The molecule has 0 fully saturated rings. The molecule has 1 atom stereocenters. The van der Waals surface area contributed by atoms with Crippen molar-refractivity contribution in [3.8, 4) is 11.5 Å². The third-order valence-corrected chi connectivity index (χ3v) is 4.06. The number of rotatable bonds is 5. The van der Waals surface area contributed by atoms with Gasteiger partial charge in [-0.1, -0.05) is 12.1 Å². The number of hydrogen-bond acceptors (Lipinski definition) is 3. The van der Waals surface area contributed by atoms with Gasteiger partial charge in [0.15, 0.2) is 11.5 Å². The van der Waals surface area contributed by atoms with Crippen LogP contribution in [0.1, 0.15) is 36.6 Å². The van der Waals surface area contributed by atoms with Crippen LogP contribution in [0.3, 0.4) is 0 Å². The minimum Gasteiger partial charge on any atom is -0.490 e. The van der Waals surface area contributed by atoms with E-state index in [2.05, 4.69) is 17.4 Å². The molecule has 0 saturated heterocycles. The van der Waals surface area contributed by atoms with Gasteiger partial charge >= 0.3 is 0 Å². The Morgan fingerprint density at radius 2 is 1.70 bits per heavy atom. The Labute approximate surface area is 136 Å². The van der Waals surface area contributed by atoms with Gasteiger partial charge < -0.3 is 14.8 Å². The molecular formula is C19H22FNO2. The summed E-state index contributed by atoms with van der Waals surface area (Å²) in [6.45, 7) is 6.02. The van der Waals surface area contributed by atoms with Crippen molar-refractivity contribution in [3.63, 3.8) is 0 Å². The lowest BCUT2D eigenvalue weighted by atomic mass is 9.89. The van der Waals surface area contributed by atoms with E-state index in [4.69, 9.17) is 9.47 Å². The van der Waals surface area contributed by atoms with Crippen LogP contribution in [0.5, 0.6) is 11.5 Å². The summed E-state index contributed by atoms with van der Waals surface area (Å²) >= 11 is 0. The van der Waals surface area contributed by atoms with Crippen LogP contribution in [0.25, 0.3) is 0 Å². The van der Waals surface area contributed by atoms with Crippen LogP contribution in [0.4, 0.5) is 4.39 Å². The lowest BCUT2D eigenvalue weighted by molar-refractivity contribution is 0.286. The van der Waals surface area contributed by atoms with E-state index in [0.717, 1.165) is 30.0 Å². The van der Waals surface area contributed by atoms with Crippen LogP contribution >= 0.6 is 0 Å². The second-order valence-corrected chi connectivity index (χ2v) is 5.55. The number of hydrogen-bond donors (Lipinski definition) is 1. The fourth-order valence-electron chi connectivity index (χ4n) is 3.05. The topological polar surface area (TPSA) is 30.5 Å². The summed E-state index contributed by atoms with van der Waals surface area (Å²) in [5.74, 6) is 1.35. The molecule has 0 unspecified atom stereocenters. The second-order valence-electron chi connectivity index (χ2n) is 5.55. The van der Waals surface area contributed by atoms with Crippen molar-refractivity contribution < 1.29 is 13.9 Å². The SMILES string of the molecule is CCOc1cc2c(cc1OCC)[C@@H](c1ccc(F)cc1)NCC2. The third kappa shape index (κ3) is 3.32. The van der Waals surface area contributed by atoms with E-state index >= 15 is 0 Å². The van der Waals surface area contributed by atoms with Gasteiger partial charge in [0.2, 0.25) is 0 Å². The summed E-state index contributed by atoms with van der Waals surface area (Å²) in [7, 11) is 0. The average Bonchev–Trinajstić information content (AvgIpc) is 2.56. The quantitative estimate of drug-likeness (QED) is 0.909. The summed E-state index contributed by atoms with van der Waals surface area (Å²) in [4.78, 5) is 0. The van der Waals surface area contributed by atoms with E-state index in [1.165, 1.54) is 23.3 Å². The molecule has 1 aliphatic rings. The predicted octanol–water partition coefficient (Wildman–Crippen LogP) is 3.86. The third-order valence-electron chi connectivity index (χ3n) is 4.06. The Morgan fingerprint density at radius 1 is 1.04 bits per heavy atom. The van der Waals surface area contributed by atoms with Crippen molar-refractivity contribution in [2.45, 2.75) is 26.3 Å². The fraction of sp³-hybridized carbons (Fsp3) is 0.368. The molecule has 122 valence electrons. The van der Waals surface area contributed by atoms with E-state index in [-0.39, 0.29) is 11.9 Å². The standard InChI is InChI=1S/C19H22FNO2/c1-3-22-17-11-14-9-10-21-19(13-5-7-15(20)8-6-13)16(14)12-18(17)23-4-2/h5-8,11-12,19,21H,3-4,9-10H2,1-2H3/t19-/m1/s1. The maximum Gasteiger partial charge on any atom is 0.161 e. The van der Waals surface area contributed by atoms with Crippen LogP contribution < -0.4 is 14.8 Å². The van der Waals surface area contributed by atoms with Gasteiger partial charge in [-0.25, -0.2) is 4.39 Å². The van der Waals surface area contributed by atoms with Crippen LogP contribution in [0.15, 0.2) is 36.4 Å². The summed E-state index contributed by atoms with van der Waals surface area (Å²) < 4.78 is 24.7. The van der Waals surface area contributed by atoms with Crippen LogP contribution in [0.2, 0.25) is 0 Å². The van der Waals surface area contributed by atoms with E-state index < -0.39 is 0 Å². The smallest absolute Gasteiger partial charge is 0.161 e. The van der Waals surface area contributed by atoms with Crippen molar-refractivity contribution >= 4 is 0 Å². The van der Waals surface area contributed by atoms with Gasteiger partial charge in [-0.05, 0) is 61.2 Å². The average molecular weight is 315 g/mol. The zero-order valence-corrected chi connectivity index (χ0v) is 13.6. The first-order valence-electron chi connectivity index (χ1n) is 8.14. The molecule has 2 aromatic rings. The summed E-state index contributed by atoms with van der Waals surface area (Å²) in [5.41, 5.74) is 3.48. The molecule has 3 rings (SSSR count). The van der Waals surface area contributed by atoms with Crippen molar-refractivity contribution in [3.05, 3.63) is 58.9 Å². The summed E-state index contributed by atoms with van der Waals surface area (Å²) in [5, 5.41) is 3.51. The van der Waals surface area contributed by atoms with Crippen molar-refractivity contribution in [2.24, 2.45) is 0 Å². The zero-order valence-electron chi connectivity index (χ0n) is 13.6. The molecular weight excluding hydrogens is 293 g/mol. The molecule has 0 saturated carbocycles. The fourth-order valence-corrected chi connectivity index (χ4v) is 3.05. The first kappa shape index (κ1) is 15.8. The Kier molecular flexibility index (Phi) is 4.82. The highest BCUT2D eigenvalue weighted by molar-refractivity contribution is 5.51. The summed E-state index contributed by atoms with van der Waals surface area (Å²) in [6, 6.07) is 10.9.